The Morgan fingerprint density at radius 1 is 1.38 bits per heavy atom. The summed E-state index contributed by atoms with van der Waals surface area (Å²) < 4.78 is 17.1. The van der Waals surface area contributed by atoms with Crippen LogP contribution in [0.25, 0.3) is 0 Å². The van der Waals surface area contributed by atoms with E-state index in [0.29, 0.717) is 22.8 Å². The predicted molar refractivity (Wildman–Crippen MR) is 119 cm³/mol. The first-order chi connectivity index (χ1) is 15.0. The van der Waals surface area contributed by atoms with Crippen LogP contribution in [0.2, 0.25) is 0 Å². The number of carbonyl (C=O) groups is 2. The molecule has 1 N–H and O–H groups in total. The second kappa shape index (κ2) is 8.01. The highest BCUT2D eigenvalue weighted by molar-refractivity contribution is 6.45. The topological polar surface area (TPSA) is 82.1 Å². The number of rotatable bonds is 4. The van der Waals surface area contributed by atoms with Crippen LogP contribution < -0.4 is 0 Å². The molecule has 2 fully saturated rings. The second-order valence-electron chi connectivity index (χ2n) is 9.38. The largest absolute Gasteiger partial charge is 0.465 e. The third kappa shape index (κ3) is 3.58. The van der Waals surface area contributed by atoms with Crippen LogP contribution in [0.5, 0.6) is 0 Å². The van der Waals surface area contributed by atoms with E-state index in [4.69, 9.17) is 25.8 Å². The average Bonchev–Trinajstić information content (AvgIpc) is 2.98. The Bertz CT molecular complexity index is 1020. The average molecular weight is 461 g/mol. The number of allylic oxidation sites excluding steroid dienone is 6. The summed E-state index contributed by atoms with van der Waals surface area (Å²) in [5.74, 6) is -3.69. The number of cyclic esters (lactones) is 1. The molecule has 0 spiro atoms. The molecule has 0 aromatic rings. The maximum atomic E-state index is 13.3. The van der Waals surface area contributed by atoms with Crippen LogP contribution in [0.3, 0.4) is 0 Å². The summed E-state index contributed by atoms with van der Waals surface area (Å²) in [4.78, 5) is 26.1. The van der Waals surface area contributed by atoms with E-state index in [1.54, 1.807) is 19.9 Å². The number of aliphatic hydroxyl groups is 1. The van der Waals surface area contributed by atoms with Gasteiger partial charge in [0, 0.05) is 23.5 Å². The zero-order valence-corrected chi connectivity index (χ0v) is 19.7. The van der Waals surface area contributed by atoms with Crippen molar-refractivity contribution in [3.05, 3.63) is 58.1 Å². The lowest BCUT2D eigenvalue weighted by molar-refractivity contribution is -0.260. The standard InChI is InChI=1S/C25H29ClO6/c1-6-13(2)9-14(3)7-8-16-10-17-18(12-30-16)19-20-23(28)31-15(4)11-25(20,29)32-24(19,5)22(27)21(17)26/h7-10,12-13,15,19-20,29H,6,11H2,1-5H3/b8-7+,14-9+/t13-,15+,19-,20+,24+,25-/m1/s1. The molecule has 4 aliphatic rings. The van der Waals surface area contributed by atoms with Crippen molar-refractivity contribution in [2.24, 2.45) is 17.8 Å². The van der Waals surface area contributed by atoms with Crippen LogP contribution in [0.1, 0.15) is 47.5 Å². The van der Waals surface area contributed by atoms with Gasteiger partial charge >= 0.3 is 5.97 Å². The molecule has 0 saturated carbocycles. The van der Waals surface area contributed by atoms with Crippen molar-refractivity contribution >= 4 is 23.4 Å². The molecular weight excluding hydrogens is 432 g/mol. The Morgan fingerprint density at radius 3 is 2.78 bits per heavy atom. The molecular formula is C25H29ClO6. The number of Topliss-reactive ketones (excluding diaryl/α,β-unsaturated/α-hetero) is 1. The molecule has 7 heteroatoms. The lowest BCUT2D eigenvalue weighted by atomic mass is 9.66. The predicted octanol–water partition coefficient (Wildman–Crippen LogP) is 4.45. The fourth-order valence-corrected chi connectivity index (χ4v) is 5.45. The maximum absolute atomic E-state index is 13.3. The Labute approximate surface area is 193 Å². The first kappa shape index (κ1) is 23.0. The summed E-state index contributed by atoms with van der Waals surface area (Å²) in [7, 11) is 0. The number of halogens is 1. The number of ether oxygens (including phenoxy) is 3. The number of ketones is 1. The molecule has 172 valence electrons. The zero-order chi connectivity index (χ0) is 23.4. The van der Waals surface area contributed by atoms with Gasteiger partial charge in [0.25, 0.3) is 0 Å². The van der Waals surface area contributed by atoms with E-state index in [1.165, 1.54) is 6.26 Å². The molecule has 0 radical (unpaired) electrons. The summed E-state index contributed by atoms with van der Waals surface area (Å²) in [6.07, 6.45) is 9.73. The van der Waals surface area contributed by atoms with Gasteiger partial charge in [0.15, 0.2) is 5.79 Å². The van der Waals surface area contributed by atoms with E-state index in [-0.39, 0.29) is 11.5 Å². The van der Waals surface area contributed by atoms with E-state index < -0.39 is 41.1 Å². The van der Waals surface area contributed by atoms with Crippen molar-refractivity contribution in [1.29, 1.82) is 0 Å². The van der Waals surface area contributed by atoms with Gasteiger partial charge in [-0.3, -0.25) is 9.59 Å². The highest BCUT2D eigenvalue weighted by Gasteiger charge is 2.70. The summed E-state index contributed by atoms with van der Waals surface area (Å²) in [6, 6.07) is 0. The SMILES string of the molecule is CC[C@@H](C)/C=C(C)/C=C/C1=CC2=C(Cl)C(=O)[C@@]3(C)O[C@]4(O)C[C@H](C)OC(=O)[C@@H]4[C@H]3C2=CO1. The Balaban J connectivity index is 1.70. The molecule has 0 unspecified atom stereocenters. The minimum atomic E-state index is -1.81. The molecule has 3 aliphatic heterocycles. The Kier molecular flexibility index (Phi) is 5.76. The number of carbonyl (C=O) groups excluding carboxylic acids is 2. The van der Waals surface area contributed by atoms with Crippen molar-refractivity contribution in [3.8, 4) is 0 Å². The van der Waals surface area contributed by atoms with Crippen molar-refractivity contribution in [2.45, 2.75) is 65.0 Å². The lowest BCUT2D eigenvalue weighted by Crippen LogP contribution is -2.50. The molecule has 6 nitrogen and oxygen atoms in total. The van der Waals surface area contributed by atoms with Crippen molar-refractivity contribution in [1.82, 2.24) is 0 Å². The Hall–Kier alpha value is -2.15. The monoisotopic (exact) mass is 460 g/mol. The molecule has 3 heterocycles. The minimum absolute atomic E-state index is 0.000248. The maximum Gasteiger partial charge on any atom is 0.315 e. The normalized spacial score (nSPS) is 37.8. The molecule has 1 aliphatic carbocycles. The fraction of sp³-hybridized carbons (Fsp3) is 0.520. The van der Waals surface area contributed by atoms with Crippen LogP contribution in [0.4, 0.5) is 0 Å². The molecule has 0 bridgehead atoms. The first-order valence-corrected chi connectivity index (χ1v) is 11.4. The smallest absolute Gasteiger partial charge is 0.315 e. The van der Waals surface area contributed by atoms with Gasteiger partial charge in [0.1, 0.15) is 23.4 Å². The van der Waals surface area contributed by atoms with Crippen LogP contribution >= 0.6 is 11.6 Å². The molecule has 6 atom stereocenters. The number of esters is 1. The summed E-state index contributed by atoms with van der Waals surface area (Å²) in [6.45, 7) is 9.55. The molecule has 2 saturated heterocycles. The van der Waals surface area contributed by atoms with Gasteiger partial charge in [-0.25, -0.2) is 0 Å². The van der Waals surface area contributed by atoms with Crippen molar-refractivity contribution in [3.63, 3.8) is 0 Å². The van der Waals surface area contributed by atoms with E-state index >= 15 is 0 Å². The van der Waals surface area contributed by atoms with Crippen molar-refractivity contribution < 1.29 is 28.9 Å². The third-order valence-electron chi connectivity index (χ3n) is 6.80. The molecule has 0 aromatic carbocycles. The number of hydrogen-bond acceptors (Lipinski definition) is 6. The van der Waals surface area contributed by atoms with Gasteiger partial charge < -0.3 is 19.3 Å². The quantitative estimate of drug-likeness (QED) is 0.493. The highest BCUT2D eigenvalue weighted by atomic mass is 35.5. The highest BCUT2D eigenvalue weighted by Crippen LogP contribution is 2.58. The van der Waals surface area contributed by atoms with Gasteiger partial charge in [-0.2, -0.15) is 0 Å². The van der Waals surface area contributed by atoms with Gasteiger partial charge in [0.05, 0.1) is 11.3 Å². The summed E-state index contributed by atoms with van der Waals surface area (Å²) >= 11 is 6.50. The van der Waals surface area contributed by atoms with E-state index in [0.717, 1.165) is 12.0 Å². The van der Waals surface area contributed by atoms with Gasteiger partial charge in [-0.15, -0.1) is 0 Å². The van der Waals surface area contributed by atoms with Crippen molar-refractivity contribution in [2.75, 3.05) is 0 Å². The number of hydrogen-bond donors (Lipinski definition) is 1. The van der Waals surface area contributed by atoms with E-state index in [9.17, 15) is 14.7 Å². The lowest BCUT2D eigenvalue weighted by Gasteiger charge is -2.38. The van der Waals surface area contributed by atoms with Crippen LogP contribution in [0.15, 0.2) is 58.1 Å². The fourth-order valence-electron chi connectivity index (χ4n) is 5.10. The van der Waals surface area contributed by atoms with E-state index in [2.05, 4.69) is 19.9 Å². The zero-order valence-electron chi connectivity index (χ0n) is 19.0. The first-order valence-electron chi connectivity index (χ1n) is 11.0. The second-order valence-corrected chi connectivity index (χ2v) is 9.76. The Morgan fingerprint density at radius 2 is 2.09 bits per heavy atom. The molecule has 0 aromatic heterocycles. The number of fused-ring (bicyclic) bond motifs is 5. The molecule has 0 amide bonds. The van der Waals surface area contributed by atoms with Gasteiger partial charge in [-0.05, 0) is 38.8 Å². The third-order valence-corrected chi connectivity index (χ3v) is 7.17. The van der Waals surface area contributed by atoms with Crippen LogP contribution in [-0.4, -0.2) is 34.4 Å². The molecule has 4 rings (SSSR count). The van der Waals surface area contributed by atoms with Crippen LogP contribution in [-0.2, 0) is 23.8 Å². The minimum Gasteiger partial charge on any atom is -0.465 e. The van der Waals surface area contributed by atoms with Crippen LogP contribution in [0, 0.1) is 17.8 Å². The van der Waals surface area contributed by atoms with Gasteiger partial charge in [-0.1, -0.05) is 49.6 Å². The summed E-state index contributed by atoms with van der Waals surface area (Å²) in [5, 5.41) is 11.2. The summed E-state index contributed by atoms with van der Waals surface area (Å²) in [5.41, 5.74) is 0.635. The van der Waals surface area contributed by atoms with Gasteiger partial charge in [0.2, 0.25) is 5.78 Å². The van der Waals surface area contributed by atoms with E-state index in [1.807, 2.05) is 19.1 Å². The molecule has 32 heavy (non-hydrogen) atoms.